The van der Waals surface area contributed by atoms with Gasteiger partial charge in [0, 0.05) is 12.1 Å². The minimum absolute atomic E-state index is 0.0905. The van der Waals surface area contributed by atoms with Gasteiger partial charge in [-0.05, 0) is 81.0 Å². The summed E-state index contributed by atoms with van der Waals surface area (Å²) in [6.07, 6.45) is 1.50. The molecule has 0 spiro atoms. The van der Waals surface area contributed by atoms with E-state index in [0.29, 0.717) is 54.2 Å². The van der Waals surface area contributed by atoms with Gasteiger partial charge in [0.15, 0.2) is 0 Å². The van der Waals surface area contributed by atoms with Gasteiger partial charge in [-0.3, -0.25) is 13.7 Å². The van der Waals surface area contributed by atoms with E-state index in [1.54, 1.807) is 19.1 Å². The molecule has 0 aliphatic carbocycles. The van der Waals surface area contributed by atoms with Crippen LogP contribution in [0, 0.1) is 13.8 Å². The average molecular weight is 733 g/mol. The maximum atomic E-state index is 11.6. The summed E-state index contributed by atoms with van der Waals surface area (Å²) in [6.45, 7) is 4.19. The van der Waals surface area contributed by atoms with Crippen LogP contribution >= 0.6 is 0 Å². The summed E-state index contributed by atoms with van der Waals surface area (Å²) in [5.41, 5.74) is 14.5. The molecular formula is C29H40N4O12S3. The molecule has 0 saturated heterocycles. The van der Waals surface area contributed by atoms with E-state index in [1.807, 2.05) is 19.1 Å². The number of hydrogen-bond acceptors (Lipinski definition) is 13. The van der Waals surface area contributed by atoms with Gasteiger partial charge in [-0.2, -0.15) is 30.4 Å². The lowest BCUT2D eigenvalue weighted by atomic mass is 10.1. The van der Waals surface area contributed by atoms with Crippen molar-refractivity contribution in [2.75, 3.05) is 43.3 Å². The van der Waals surface area contributed by atoms with E-state index in [1.165, 1.54) is 25.3 Å². The fourth-order valence-electron chi connectivity index (χ4n) is 3.89. The first-order chi connectivity index (χ1) is 22.3. The van der Waals surface area contributed by atoms with Crippen LogP contribution in [0.1, 0.15) is 36.8 Å². The molecule has 0 radical (unpaired) electrons. The number of hydrogen-bond donors (Lipinski definition) is 5. The summed E-state index contributed by atoms with van der Waals surface area (Å²) >= 11 is 0. The predicted molar refractivity (Wildman–Crippen MR) is 180 cm³/mol. The average Bonchev–Trinajstić information content (AvgIpc) is 2.97. The van der Waals surface area contributed by atoms with Gasteiger partial charge < -0.3 is 25.7 Å². The van der Waals surface area contributed by atoms with Crippen molar-refractivity contribution in [2.24, 2.45) is 10.2 Å². The van der Waals surface area contributed by atoms with Crippen LogP contribution < -0.4 is 25.7 Å². The number of unbranched alkanes of at least 4 members (excludes halogenated alkanes) is 2. The molecule has 48 heavy (non-hydrogen) atoms. The second-order valence-electron chi connectivity index (χ2n) is 10.4. The van der Waals surface area contributed by atoms with E-state index < -0.39 is 35.2 Å². The number of methoxy groups -OCH3 is 1. The summed E-state index contributed by atoms with van der Waals surface area (Å²) in [5, 5.41) is 7.97. The highest BCUT2D eigenvalue weighted by Crippen LogP contribution is 2.34. The van der Waals surface area contributed by atoms with Crippen LogP contribution in [0.5, 0.6) is 17.2 Å². The number of nitrogens with zero attached hydrogens (tertiary/aromatic N) is 2. The molecule has 0 amide bonds. The van der Waals surface area contributed by atoms with Crippen molar-refractivity contribution in [3.05, 3.63) is 59.7 Å². The third-order valence-electron chi connectivity index (χ3n) is 6.31. The van der Waals surface area contributed by atoms with E-state index in [0.717, 1.165) is 11.6 Å². The van der Waals surface area contributed by atoms with Gasteiger partial charge in [-0.15, -0.1) is 5.11 Å². The molecule has 0 atom stereocenters. The van der Waals surface area contributed by atoms with Gasteiger partial charge in [0.05, 0.1) is 48.9 Å². The number of ether oxygens (including phenoxy) is 3. The van der Waals surface area contributed by atoms with E-state index in [-0.39, 0.29) is 41.7 Å². The van der Waals surface area contributed by atoms with E-state index in [2.05, 4.69) is 10.2 Å². The first-order valence-corrected chi connectivity index (χ1v) is 18.9. The molecule has 0 aliphatic rings. The number of benzene rings is 3. The van der Waals surface area contributed by atoms with Gasteiger partial charge in [-0.1, -0.05) is 6.07 Å². The molecule has 0 aliphatic heterocycles. The molecule has 3 rings (SSSR count). The van der Waals surface area contributed by atoms with Crippen molar-refractivity contribution in [3.63, 3.8) is 0 Å². The summed E-state index contributed by atoms with van der Waals surface area (Å²) in [6, 6.07) is 12.5. The van der Waals surface area contributed by atoms with Crippen LogP contribution in [-0.2, 0) is 30.4 Å². The molecule has 266 valence electrons. The number of azo groups is 1. The van der Waals surface area contributed by atoms with Gasteiger partial charge in [0.2, 0.25) is 0 Å². The Hall–Kier alpha value is -4.01. The van der Waals surface area contributed by atoms with Crippen molar-refractivity contribution >= 4 is 53.1 Å². The first-order valence-electron chi connectivity index (χ1n) is 14.3. The largest absolute Gasteiger partial charge is 0.497 e. The van der Waals surface area contributed by atoms with Gasteiger partial charge in [0.25, 0.3) is 30.4 Å². The molecule has 7 N–H and O–H groups in total. The Morgan fingerprint density at radius 1 is 0.667 bits per heavy atom. The van der Waals surface area contributed by atoms with Crippen molar-refractivity contribution in [1.82, 2.24) is 0 Å². The van der Waals surface area contributed by atoms with E-state index in [9.17, 15) is 29.8 Å². The monoisotopic (exact) mass is 732 g/mol. The summed E-state index contributed by atoms with van der Waals surface area (Å²) < 4.78 is 108. The topological polar surface area (TPSA) is 268 Å². The maximum absolute atomic E-state index is 11.6. The second-order valence-corrected chi connectivity index (χ2v) is 14.9. The Morgan fingerprint density at radius 2 is 1.21 bits per heavy atom. The molecule has 0 aromatic heterocycles. The fourth-order valence-corrected chi connectivity index (χ4v) is 5.66. The molecule has 3 aromatic carbocycles. The zero-order chi connectivity index (χ0) is 36.1. The van der Waals surface area contributed by atoms with Crippen molar-refractivity contribution in [2.45, 2.75) is 44.4 Å². The summed E-state index contributed by atoms with van der Waals surface area (Å²) in [7, 11) is -11.1. The lowest BCUT2D eigenvalue weighted by Gasteiger charge is -2.11. The number of nitrogen functional groups attached to an aromatic ring is 2. The highest BCUT2D eigenvalue weighted by Gasteiger charge is 2.17. The lowest BCUT2D eigenvalue weighted by Crippen LogP contribution is -2.06. The fraction of sp³-hybridized carbons (Fsp3) is 0.379. The van der Waals surface area contributed by atoms with E-state index >= 15 is 0 Å². The first kappa shape index (κ1) is 40.2. The molecule has 3 aromatic rings. The molecule has 16 nitrogen and oxygen atoms in total. The van der Waals surface area contributed by atoms with Crippen molar-refractivity contribution in [1.29, 1.82) is 0 Å². The Morgan fingerprint density at radius 3 is 1.73 bits per heavy atom. The van der Waals surface area contributed by atoms with Crippen LogP contribution in [0.15, 0.2) is 63.7 Å². The molecule has 19 heteroatoms. The molecule has 0 saturated carbocycles. The molecular weight excluding hydrogens is 693 g/mol. The summed E-state index contributed by atoms with van der Waals surface area (Å²) in [5.74, 6) is 0.509. The molecule has 0 heterocycles. The summed E-state index contributed by atoms with van der Waals surface area (Å²) in [4.78, 5) is -0.459. The zero-order valence-corrected chi connectivity index (χ0v) is 29.0. The second kappa shape index (κ2) is 17.9. The van der Waals surface area contributed by atoms with Crippen LogP contribution in [0.25, 0.3) is 0 Å². The minimum atomic E-state index is -4.56. The molecule has 0 bridgehead atoms. The van der Waals surface area contributed by atoms with Gasteiger partial charge >= 0.3 is 0 Å². The van der Waals surface area contributed by atoms with Crippen molar-refractivity contribution < 1.29 is 53.1 Å². The maximum Gasteiger partial charge on any atom is 0.296 e. The van der Waals surface area contributed by atoms with Crippen LogP contribution in [-0.4, -0.2) is 70.7 Å². The molecule has 0 unspecified atom stereocenters. The highest BCUT2D eigenvalue weighted by atomic mass is 32.2. The number of rotatable bonds is 16. The van der Waals surface area contributed by atoms with Crippen LogP contribution in [0.4, 0.5) is 22.7 Å². The number of nitrogens with two attached hydrogens (primary N) is 2. The van der Waals surface area contributed by atoms with Crippen LogP contribution in [0.2, 0.25) is 0 Å². The molecule has 0 fully saturated rings. The standard InChI is InChI=1S/C18H23N3O8S2.C11H17NO4S/c1-12-9-14(19)17(29-7-3-4-8-30(22,23)24)11-16(12)21-20-15-6-5-13(28-2)10-18(15)31(25,26)27;1-9-4-5-11(10(12)8-9)16-6-2-3-7-17(13,14)15/h5-6,9-11H,3-4,7-8,19H2,1-2H3,(H,22,23,24)(H,25,26,27);4-5,8H,2-3,6-7,12H2,1H3,(H,13,14,15). The number of anilines is 2. The Balaban J connectivity index is 0.000000397. The normalized spacial score (nSPS) is 12.0. The Kier molecular flexibility index (Phi) is 15.0. The predicted octanol–water partition coefficient (Wildman–Crippen LogP) is 4.92. The smallest absolute Gasteiger partial charge is 0.296 e. The van der Waals surface area contributed by atoms with Crippen molar-refractivity contribution in [3.8, 4) is 17.2 Å². The third kappa shape index (κ3) is 14.8. The highest BCUT2D eigenvalue weighted by molar-refractivity contribution is 7.86. The Bertz CT molecular complexity index is 1900. The SMILES string of the molecule is COc1ccc(N=Nc2cc(OCCCCS(=O)(=O)O)c(N)cc2C)c(S(=O)(=O)O)c1.Cc1ccc(OCCCCS(=O)(=O)O)c(N)c1. The minimum Gasteiger partial charge on any atom is -0.497 e. The van der Waals surface area contributed by atoms with Gasteiger partial charge in [-0.25, -0.2) is 0 Å². The van der Waals surface area contributed by atoms with Crippen LogP contribution in [0.3, 0.4) is 0 Å². The Labute approximate surface area is 280 Å². The quantitative estimate of drug-likeness (QED) is 0.0566. The van der Waals surface area contributed by atoms with Gasteiger partial charge in [0.1, 0.15) is 27.8 Å². The van der Waals surface area contributed by atoms with E-state index in [4.69, 9.17) is 34.8 Å². The lowest BCUT2D eigenvalue weighted by molar-refractivity contribution is 0.310. The zero-order valence-electron chi connectivity index (χ0n) is 26.6. The number of aryl methyl sites for hydroxylation is 2. The third-order valence-corrected chi connectivity index (χ3v) is 8.80.